The minimum Gasteiger partial charge on any atom is -0.323 e. The van der Waals surface area contributed by atoms with E-state index in [1.807, 2.05) is 0 Å². The van der Waals surface area contributed by atoms with Gasteiger partial charge in [-0.15, -0.1) is 0 Å². The number of pyridine rings is 1. The minimum atomic E-state index is -4.80. The van der Waals surface area contributed by atoms with E-state index in [0.717, 1.165) is 12.3 Å². The van der Waals surface area contributed by atoms with Gasteiger partial charge in [-0.25, -0.2) is 9.67 Å². The van der Waals surface area contributed by atoms with E-state index in [4.69, 9.17) is 11.6 Å². The van der Waals surface area contributed by atoms with E-state index in [1.165, 1.54) is 23.4 Å². The molecule has 7 nitrogen and oxygen atoms in total. The maximum atomic E-state index is 12.8. The van der Waals surface area contributed by atoms with Crippen molar-refractivity contribution in [1.29, 1.82) is 0 Å². The molecule has 0 fully saturated rings. The van der Waals surface area contributed by atoms with Crippen molar-refractivity contribution < 1.29 is 18.0 Å². The quantitative estimate of drug-likeness (QED) is 0.734. The van der Waals surface area contributed by atoms with E-state index in [1.54, 1.807) is 12.1 Å². The topological polar surface area (TPSA) is 81.8 Å². The Bertz CT molecular complexity index is 1030. The molecule has 3 aromatic rings. The summed E-state index contributed by atoms with van der Waals surface area (Å²) in [5, 5.41) is 6.80. The second-order valence-electron chi connectivity index (χ2n) is 5.40. The van der Waals surface area contributed by atoms with Crippen molar-refractivity contribution in [2.75, 3.05) is 5.32 Å². The Hall–Kier alpha value is -3.14. The number of hydrogen-bond donors (Lipinski definition) is 1. The van der Waals surface area contributed by atoms with Crippen LogP contribution >= 0.6 is 11.6 Å². The average molecular weight is 398 g/mol. The van der Waals surface area contributed by atoms with Crippen LogP contribution in [-0.4, -0.2) is 25.2 Å². The van der Waals surface area contributed by atoms with Crippen molar-refractivity contribution in [3.05, 3.63) is 70.1 Å². The lowest BCUT2D eigenvalue weighted by atomic mass is 10.2. The van der Waals surface area contributed by atoms with Gasteiger partial charge in [-0.05, 0) is 30.3 Å². The summed E-state index contributed by atoms with van der Waals surface area (Å²) in [6.45, 7) is -0.605. The van der Waals surface area contributed by atoms with Crippen LogP contribution in [0.2, 0.25) is 5.02 Å². The molecule has 0 aliphatic carbocycles. The Balaban J connectivity index is 1.86. The summed E-state index contributed by atoms with van der Waals surface area (Å²) in [6, 6.07) is 6.33. The molecular weight excluding hydrogens is 387 g/mol. The van der Waals surface area contributed by atoms with Crippen molar-refractivity contribution in [3.8, 4) is 5.69 Å². The van der Waals surface area contributed by atoms with E-state index >= 15 is 0 Å². The number of carbonyl (C=O) groups excluding carboxylic acids is 1. The van der Waals surface area contributed by atoms with Gasteiger partial charge in [0, 0.05) is 11.2 Å². The molecule has 0 saturated heterocycles. The molecule has 2 heterocycles. The molecule has 0 aliphatic heterocycles. The second kappa shape index (κ2) is 7.23. The number of nitrogens with one attached hydrogen (secondary N) is 1. The lowest BCUT2D eigenvalue weighted by Gasteiger charge is -2.13. The van der Waals surface area contributed by atoms with Crippen molar-refractivity contribution in [1.82, 2.24) is 19.3 Å². The Labute approximate surface area is 155 Å². The normalized spacial score (nSPS) is 11.4. The van der Waals surface area contributed by atoms with Crippen molar-refractivity contribution in [2.24, 2.45) is 0 Å². The first kappa shape index (κ1) is 18.6. The number of hydrogen-bond acceptors (Lipinski definition) is 4. The van der Waals surface area contributed by atoms with Crippen LogP contribution in [0.4, 0.5) is 18.9 Å². The third-order valence-corrected chi connectivity index (χ3v) is 3.77. The number of aromatic nitrogens is 4. The number of nitrogens with zero attached hydrogens (tertiary/aromatic N) is 4. The van der Waals surface area contributed by atoms with Gasteiger partial charge in [0.2, 0.25) is 5.91 Å². The predicted molar refractivity (Wildman–Crippen MR) is 90.7 cm³/mol. The highest BCUT2D eigenvalue weighted by atomic mass is 35.5. The summed E-state index contributed by atoms with van der Waals surface area (Å²) < 4.78 is 40.5. The molecule has 1 amide bonds. The first-order valence-corrected chi connectivity index (χ1v) is 7.84. The van der Waals surface area contributed by atoms with Crippen LogP contribution in [0, 0.1) is 0 Å². The fraction of sp³-hybridized carbons (Fsp3) is 0.125. The van der Waals surface area contributed by atoms with Crippen molar-refractivity contribution >= 4 is 23.2 Å². The number of carbonyl (C=O) groups is 1. The Kier molecular flexibility index (Phi) is 5.00. The maximum Gasteiger partial charge on any atom is 0.421 e. The molecule has 0 atom stereocenters. The van der Waals surface area contributed by atoms with Crippen LogP contribution in [-0.2, 0) is 17.5 Å². The molecule has 0 radical (unpaired) electrons. The molecule has 0 aliphatic rings. The zero-order valence-electron chi connectivity index (χ0n) is 13.4. The third-order valence-electron chi connectivity index (χ3n) is 3.54. The highest BCUT2D eigenvalue weighted by molar-refractivity contribution is 6.31. The van der Waals surface area contributed by atoms with Gasteiger partial charge >= 0.3 is 6.18 Å². The van der Waals surface area contributed by atoms with E-state index < -0.39 is 29.8 Å². The first-order valence-electron chi connectivity index (χ1n) is 7.47. The average Bonchev–Trinajstić information content (AvgIpc) is 3.10. The molecule has 140 valence electrons. The lowest BCUT2D eigenvalue weighted by molar-refractivity contribution is -0.139. The van der Waals surface area contributed by atoms with Gasteiger partial charge in [0.25, 0.3) is 5.56 Å². The molecule has 11 heteroatoms. The summed E-state index contributed by atoms with van der Waals surface area (Å²) in [4.78, 5) is 28.0. The lowest BCUT2D eigenvalue weighted by Crippen LogP contribution is -2.32. The number of rotatable bonds is 4. The van der Waals surface area contributed by atoms with E-state index in [0.29, 0.717) is 21.3 Å². The highest BCUT2D eigenvalue weighted by Crippen LogP contribution is 2.26. The molecule has 2 aromatic heterocycles. The zero-order valence-corrected chi connectivity index (χ0v) is 14.2. The van der Waals surface area contributed by atoms with Gasteiger partial charge in [0.1, 0.15) is 24.8 Å². The standard InChI is InChI=1S/C16H11ClF3N5O2/c17-10-3-4-13(25-9-21-8-22-25)12(6-10)23-14(26)7-24-5-1-2-11(15(24)27)16(18,19)20/h1-6,8-9H,7H2,(H,23,26). The van der Waals surface area contributed by atoms with Crippen LogP contribution in [0.5, 0.6) is 0 Å². The smallest absolute Gasteiger partial charge is 0.323 e. The van der Waals surface area contributed by atoms with Gasteiger partial charge in [0.05, 0.1) is 11.4 Å². The summed E-state index contributed by atoms with van der Waals surface area (Å²) >= 11 is 5.94. The van der Waals surface area contributed by atoms with Gasteiger partial charge in [-0.3, -0.25) is 9.59 Å². The third kappa shape index (κ3) is 4.17. The van der Waals surface area contributed by atoms with Crippen LogP contribution < -0.4 is 10.9 Å². The Morgan fingerprint density at radius 3 is 2.70 bits per heavy atom. The number of alkyl halides is 3. The molecule has 0 bridgehead atoms. The number of benzene rings is 1. The van der Waals surface area contributed by atoms with E-state index in [-0.39, 0.29) is 5.69 Å². The van der Waals surface area contributed by atoms with Crippen LogP contribution in [0.25, 0.3) is 5.69 Å². The molecule has 0 saturated carbocycles. The SMILES string of the molecule is O=C(Cn1cccc(C(F)(F)F)c1=O)Nc1cc(Cl)ccc1-n1cncn1. The summed E-state index contributed by atoms with van der Waals surface area (Å²) in [7, 11) is 0. The summed E-state index contributed by atoms with van der Waals surface area (Å²) in [5.74, 6) is -0.708. The Morgan fingerprint density at radius 2 is 2.04 bits per heavy atom. The fourth-order valence-corrected chi connectivity index (χ4v) is 2.53. The number of anilines is 1. The zero-order chi connectivity index (χ0) is 19.6. The summed E-state index contributed by atoms with van der Waals surface area (Å²) in [6.07, 6.45) is -1.00. The predicted octanol–water partition coefficient (Wildman–Crippen LogP) is 2.74. The maximum absolute atomic E-state index is 12.8. The largest absolute Gasteiger partial charge is 0.421 e. The minimum absolute atomic E-state index is 0.262. The Morgan fingerprint density at radius 1 is 1.26 bits per heavy atom. The molecular formula is C16H11ClF3N5O2. The second-order valence-corrected chi connectivity index (χ2v) is 5.84. The molecule has 3 rings (SSSR count). The first-order chi connectivity index (χ1) is 12.8. The number of halogens is 4. The van der Waals surface area contributed by atoms with Gasteiger partial charge in [-0.1, -0.05) is 11.6 Å². The van der Waals surface area contributed by atoms with Gasteiger partial charge in [-0.2, -0.15) is 18.3 Å². The molecule has 1 N–H and O–H groups in total. The van der Waals surface area contributed by atoms with E-state index in [9.17, 15) is 22.8 Å². The summed E-state index contributed by atoms with van der Waals surface area (Å²) in [5.41, 5.74) is -1.94. The highest BCUT2D eigenvalue weighted by Gasteiger charge is 2.34. The fourth-order valence-electron chi connectivity index (χ4n) is 2.36. The monoisotopic (exact) mass is 397 g/mol. The van der Waals surface area contributed by atoms with Gasteiger partial charge < -0.3 is 9.88 Å². The molecule has 0 spiro atoms. The van der Waals surface area contributed by atoms with Crippen LogP contribution in [0.15, 0.2) is 54.0 Å². The van der Waals surface area contributed by atoms with Crippen LogP contribution in [0.1, 0.15) is 5.56 Å². The molecule has 0 unspecified atom stereocenters. The number of amides is 1. The van der Waals surface area contributed by atoms with E-state index in [2.05, 4.69) is 15.4 Å². The van der Waals surface area contributed by atoms with Gasteiger partial charge in [0.15, 0.2) is 0 Å². The van der Waals surface area contributed by atoms with Crippen LogP contribution in [0.3, 0.4) is 0 Å². The van der Waals surface area contributed by atoms with Crippen molar-refractivity contribution in [3.63, 3.8) is 0 Å². The molecule has 27 heavy (non-hydrogen) atoms. The van der Waals surface area contributed by atoms with Crippen molar-refractivity contribution in [2.45, 2.75) is 12.7 Å². The molecule has 1 aromatic carbocycles.